The molecule has 0 spiro atoms. The highest BCUT2D eigenvalue weighted by molar-refractivity contribution is 5.96. The van der Waals surface area contributed by atoms with Crippen molar-refractivity contribution in [2.45, 2.75) is 27.2 Å². The SMILES string of the molecule is Cc1ccc(C(=O)N2CCC(C)(C)C(=O)C2)o1. The number of carbonyl (C=O) groups excluding carboxylic acids is 2. The Labute approximate surface area is 101 Å². The summed E-state index contributed by atoms with van der Waals surface area (Å²) in [5, 5.41) is 0. The molecule has 0 bridgehead atoms. The van der Waals surface area contributed by atoms with Crippen molar-refractivity contribution in [3.8, 4) is 0 Å². The van der Waals surface area contributed by atoms with E-state index in [1.165, 1.54) is 0 Å². The zero-order chi connectivity index (χ0) is 12.6. The molecule has 17 heavy (non-hydrogen) atoms. The van der Waals surface area contributed by atoms with Crippen molar-refractivity contribution in [3.63, 3.8) is 0 Å². The first-order chi connectivity index (χ1) is 7.90. The Morgan fingerprint density at radius 1 is 1.41 bits per heavy atom. The van der Waals surface area contributed by atoms with Crippen LogP contribution in [0.1, 0.15) is 36.6 Å². The van der Waals surface area contributed by atoms with Crippen molar-refractivity contribution in [1.82, 2.24) is 4.90 Å². The summed E-state index contributed by atoms with van der Waals surface area (Å²) >= 11 is 0. The van der Waals surface area contributed by atoms with Crippen LogP contribution >= 0.6 is 0 Å². The number of aryl methyl sites for hydroxylation is 1. The smallest absolute Gasteiger partial charge is 0.289 e. The van der Waals surface area contributed by atoms with Gasteiger partial charge in [0, 0.05) is 12.0 Å². The normalized spacial score (nSPS) is 19.5. The Morgan fingerprint density at radius 3 is 2.65 bits per heavy atom. The molecule has 92 valence electrons. The lowest BCUT2D eigenvalue weighted by atomic mass is 9.81. The lowest BCUT2D eigenvalue weighted by molar-refractivity contribution is -0.130. The number of rotatable bonds is 1. The summed E-state index contributed by atoms with van der Waals surface area (Å²) in [5.74, 6) is 0.939. The fourth-order valence-electron chi connectivity index (χ4n) is 1.90. The number of likely N-dealkylation sites (tertiary alicyclic amines) is 1. The molecule has 4 nitrogen and oxygen atoms in total. The third-order valence-electron chi connectivity index (χ3n) is 3.33. The predicted molar refractivity (Wildman–Crippen MR) is 62.8 cm³/mol. The summed E-state index contributed by atoms with van der Waals surface area (Å²) < 4.78 is 5.28. The highest BCUT2D eigenvalue weighted by atomic mass is 16.3. The zero-order valence-corrected chi connectivity index (χ0v) is 10.4. The summed E-state index contributed by atoms with van der Waals surface area (Å²) in [6.45, 7) is 6.44. The van der Waals surface area contributed by atoms with Crippen LogP contribution in [0.4, 0.5) is 0 Å². The van der Waals surface area contributed by atoms with Crippen LogP contribution in [0.15, 0.2) is 16.5 Å². The number of hydrogen-bond acceptors (Lipinski definition) is 3. The zero-order valence-electron chi connectivity index (χ0n) is 10.4. The molecule has 0 atom stereocenters. The van der Waals surface area contributed by atoms with E-state index in [9.17, 15) is 9.59 Å². The van der Waals surface area contributed by atoms with E-state index in [1.807, 2.05) is 13.8 Å². The fraction of sp³-hybridized carbons (Fsp3) is 0.538. The summed E-state index contributed by atoms with van der Waals surface area (Å²) in [5.41, 5.74) is -0.310. The van der Waals surface area contributed by atoms with Crippen LogP contribution in [0.2, 0.25) is 0 Å². The average molecular weight is 235 g/mol. The minimum Gasteiger partial charge on any atom is -0.456 e. The first-order valence-electron chi connectivity index (χ1n) is 5.79. The molecule has 1 fully saturated rings. The number of ketones is 1. The van der Waals surface area contributed by atoms with Gasteiger partial charge in [0.2, 0.25) is 0 Å². The van der Waals surface area contributed by atoms with Crippen molar-refractivity contribution in [3.05, 3.63) is 23.7 Å². The standard InChI is InChI=1S/C13H17NO3/c1-9-4-5-10(17-9)12(16)14-7-6-13(2,3)11(15)8-14/h4-5H,6-8H2,1-3H3. The molecule has 1 aromatic heterocycles. The van der Waals surface area contributed by atoms with Crippen LogP contribution < -0.4 is 0 Å². The van der Waals surface area contributed by atoms with E-state index < -0.39 is 0 Å². The molecule has 0 aromatic carbocycles. The molecule has 0 N–H and O–H groups in total. The molecule has 0 aliphatic carbocycles. The summed E-state index contributed by atoms with van der Waals surface area (Å²) in [7, 11) is 0. The predicted octanol–water partition coefficient (Wildman–Crippen LogP) is 2.03. The highest BCUT2D eigenvalue weighted by Gasteiger charge is 2.36. The Hall–Kier alpha value is -1.58. The number of piperidine rings is 1. The fourth-order valence-corrected chi connectivity index (χ4v) is 1.90. The second kappa shape index (κ2) is 4.02. The number of Topliss-reactive ketones (excluding diaryl/α,β-unsaturated/α-hetero) is 1. The monoisotopic (exact) mass is 235 g/mol. The Bertz CT molecular complexity index is 459. The van der Waals surface area contributed by atoms with Gasteiger partial charge in [-0.2, -0.15) is 0 Å². The molecule has 1 aromatic rings. The number of carbonyl (C=O) groups is 2. The van der Waals surface area contributed by atoms with Gasteiger partial charge in [-0.3, -0.25) is 9.59 Å². The molecule has 4 heteroatoms. The molecule has 0 unspecified atom stereocenters. The van der Waals surface area contributed by atoms with E-state index >= 15 is 0 Å². The van der Waals surface area contributed by atoms with E-state index in [2.05, 4.69) is 0 Å². The van der Waals surface area contributed by atoms with Crippen LogP contribution in [0.25, 0.3) is 0 Å². The number of hydrogen-bond donors (Lipinski definition) is 0. The van der Waals surface area contributed by atoms with Crippen molar-refractivity contribution in [2.75, 3.05) is 13.1 Å². The maximum Gasteiger partial charge on any atom is 0.289 e. The largest absolute Gasteiger partial charge is 0.456 e. The van der Waals surface area contributed by atoms with Crippen molar-refractivity contribution in [2.24, 2.45) is 5.41 Å². The van der Waals surface area contributed by atoms with Gasteiger partial charge >= 0.3 is 0 Å². The van der Waals surface area contributed by atoms with Crippen molar-refractivity contribution >= 4 is 11.7 Å². The molecule has 0 radical (unpaired) electrons. The van der Waals surface area contributed by atoms with E-state index in [0.29, 0.717) is 24.5 Å². The van der Waals surface area contributed by atoms with Crippen molar-refractivity contribution in [1.29, 1.82) is 0 Å². The summed E-state index contributed by atoms with van der Waals surface area (Å²) in [4.78, 5) is 25.5. The highest BCUT2D eigenvalue weighted by Crippen LogP contribution is 2.27. The Kier molecular flexibility index (Phi) is 2.81. The Morgan fingerprint density at radius 2 is 2.12 bits per heavy atom. The van der Waals surface area contributed by atoms with Crippen LogP contribution in [0.3, 0.4) is 0 Å². The number of furan rings is 1. The van der Waals surface area contributed by atoms with E-state index in [0.717, 1.165) is 0 Å². The van der Waals surface area contributed by atoms with Gasteiger partial charge in [-0.15, -0.1) is 0 Å². The van der Waals surface area contributed by atoms with Gasteiger partial charge in [-0.05, 0) is 25.5 Å². The molecule has 2 rings (SSSR count). The van der Waals surface area contributed by atoms with Gasteiger partial charge in [-0.25, -0.2) is 0 Å². The van der Waals surface area contributed by atoms with Crippen LogP contribution in [0.5, 0.6) is 0 Å². The second-order valence-corrected chi connectivity index (χ2v) is 5.19. The van der Waals surface area contributed by atoms with Gasteiger partial charge in [0.15, 0.2) is 11.5 Å². The van der Waals surface area contributed by atoms with E-state index in [-0.39, 0.29) is 23.7 Å². The average Bonchev–Trinajstić information content (AvgIpc) is 2.68. The molecule has 1 amide bonds. The topological polar surface area (TPSA) is 50.5 Å². The second-order valence-electron chi connectivity index (χ2n) is 5.19. The van der Waals surface area contributed by atoms with E-state index in [4.69, 9.17) is 4.42 Å². The van der Waals surface area contributed by atoms with Crippen LogP contribution in [-0.2, 0) is 4.79 Å². The molecule has 1 aliphatic heterocycles. The van der Waals surface area contributed by atoms with Crippen LogP contribution in [-0.4, -0.2) is 29.7 Å². The summed E-state index contributed by atoms with van der Waals surface area (Å²) in [6, 6.07) is 3.41. The lowest BCUT2D eigenvalue weighted by Crippen LogP contribution is -2.47. The molecule has 1 saturated heterocycles. The van der Waals surface area contributed by atoms with Crippen molar-refractivity contribution < 1.29 is 14.0 Å². The third-order valence-corrected chi connectivity index (χ3v) is 3.33. The number of nitrogens with zero attached hydrogens (tertiary/aromatic N) is 1. The first kappa shape index (κ1) is 11.9. The van der Waals surface area contributed by atoms with Crippen LogP contribution in [0, 0.1) is 12.3 Å². The number of amides is 1. The summed E-state index contributed by atoms with van der Waals surface area (Å²) in [6.07, 6.45) is 0.706. The lowest BCUT2D eigenvalue weighted by Gasteiger charge is -2.35. The molecular weight excluding hydrogens is 218 g/mol. The van der Waals surface area contributed by atoms with Gasteiger partial charge in [0.25, 0.3) is 5.91 Å². The molecule has 2 heterocycles. The first-order valence-corrected chi connectivity index (χ1v) is 5.79. The molecular formula is C13H17NO3. The quantitative estimate of drug-likeness (QED) is 0.748. The third kappa shape index (κ3) is 2.25. The maximum atomic E-state index is 12.0. The minimum atomic E-state index is -0.310. The maximum absolute atomic E-state index is 12.0. The van der Waals surface area contributed by atoms with E-state index in [1.54, 1.807) is 24.0 Å². The Balaban J connectivity index is 2.10. The van der Waals surface area contributed by atoms with Gasteiger partial charge in [-0.1, -0.05) is 13.8 Å². The van der Waals surface area contributed by atoms with Gasteiger partial charge < -0.3 is 9.32 Å². The molecule has 1 aliphatic rings. The van der Waals surface area contributed by atoms with Gasteiger partial charge in [0.05, 0.1) is 6.54 Å². The molecule has 0 saturated carbocycles. The van der Waals surface area contributed by atoms with Gasteiger partial charge in [0.1, 0.15) is 5.76 Å². The minimum absolute atomic E-state index is 0.111.